The van der Waals surface area contributed by atoms with Crippen LogP contribution in [0.4, 0.5) is 4.79 Å². The zero-order valence-corrected chi connectivity index (χ0v) is 17.7. The molecule has 0 spiro atoms. The number of carbonyl (C=O) groups excluding carboxylic acids is 2. The van der Waals surface area contributed by atoms with E-state index >= 15 is 0 Å². The third kappa shape index (κ3) is 8.55. The van der Waals surface area contributed by atoms with Crippen molar-refractivity contribution in [1.29, 1.82) is 0 Å². The van der Waals surface area contributed by atoms with Crippen molar-refractivity contribution in [3.8, 4) is 0 Å². The van der Waals surface area contributed by atoms with Gasteiger partial charge in [0.15, 0.2) is 0 Å². The largest absolute Gasteiger partial charge is 0.453 e. The zero-order valence-electron chi connectivity index (χ0n) is 17.7. The Hall–Kier alpha value is -1.26. The molecule has 0 bridgehead atoms. The summed E-state index contributed by atoms with van der Waals surface area (Å²) in [4.78, 5) is 27.6. The first-order valence-electron chi connectivity index (χ1n) is 9.19. The third-order valence-electron chi connectivity index (χ3n) is 3.55. The third-order valence-corrected chi connectivity index (χ3v) is 3.55. The predicted molar refractivity (Wildman–Crippen MR) is 101 cm³/mol. The molecular weight excluding hydrogens is 304 g/mol. The number of ether oxygens (including phenoxy) is 1. The number of methoxy groups -OCH3 is 1. The summed E-state index contributed by atoms with van der Waals surface area (Å²) < 4.78 is 4.70. The minimum Gasteiger partial charge on any atom is -0.453 e. The number of nitrogens with zero attached hydrogens (tertiary/aromatic N) is 2. The van der Waals surface area contributed by atoms with E-state index < -0.39 is 0 Å². The Morgan fingerprint density at radius 2 is 1.21 bits per heavy atom. The van der Waals surface area contributed by atoms with Crippen molar-refractivity contribution < 1.29 is 14.3 Å². The highest BCUT2D eigenvalue weighted by molar-refractivity contribution is 5.82. The second kappa shape index (κ2) is 11.3. The minimum absolute atomic E-state index is 0.118. The number of amides is 2. The van der Waals surface area contributed by atoms with Gasteiger partial charge in [0, 0.05) is 31.6 Å². The number of piperazine rings is 1. The van der Waals surface area contributed by atoms with E-state index in [0.717, 1.165) is 6.42 Å². The second-order valence-electron chi connectivity index (χ2n) is 7.37. The van der Waals surface area contributed by atoms with E-state index in [4.69, 9.17) is 4.74 Å². The molecule has 144 valence electrons. The van der Waals surface area contributed by atoms with Crippen LogP contribution < -0.4 is 0 Å². The van der Waals surface area contributed by atoms with Gasteiger partial charge in [-0.25, -0.2) is 4.79 Å². The maximum atomic E-state index is 12.6. The molecule has 5 heteroatoms. The lowest BCUT2D eigenvalue weighted by atomic mass is 9.75. The maximum absolute atomic E-state index is 12.6. The van der Waals surface area contributed by atoms with Crippen LogP contribution in [-0.2, 0) is 9.53 Å². The quantitative estimate of drug-likeness (QED) is 0.745. The Bertz CT molecular complexity index is 365. The molecule has 5 nitrogen and oxygen atoms in total. The van der Waals surface area contributed by atoms with Gasteiger partial charge >= 0.3 is 6.09 Å². The van der Waals surface area contributed by atoms with Crippen LogP contribution in [0.2, 0.25) is 0 Å². The van der Waals surface area contributed by atoms with Crippen molar-refractivity contribution in [3.05, 3.63) is 0 Å². The lowest BCUT2D eigenvalue weighted by Crippen LogP contribution is -2.53. The molecular formula is C19H40N2O3. The number of rotatable bonds is 2. The molecule has 24 heavy (non-hydrogen) atoms. The molecule has 1 rings (SSSR count). The van der Waals surface area contributed by atoms with Gasteiger partial charge in [-0.1, -0.05) is 62.3 Å². The zero-order chi connectivity index (χ0) is 19.6. The smallest absolute Gasteiger partial charge is 0.409 e. The Balaban J connectivity index is 0. The van der Waals surface area contributed by atoms with Crippen LogP contribution in [0, 0.1) is 10.8 Å². The van der Waals surface area contributed by atoms with Crippen LogP contribution >= 0.6 is 0 Å². The molecule has 0 unspecified atom stereocenters. The molecule has 0 aromatic heterocycles. The van der Waals surface area contributed by atoms with Gasteiger partial charge in [-0.3, -0.25) is 4.79 Å². The van der Waals surface area contributed by atoms with Gasteiger partial charge in [0.25, 0.3) is 0 Å². The summed E-state index contributed by atoms with van der Waals surface area (Å²) in [5.74, 6) is 0.178. The molecule has 1 fully saturated rings. The van der Waals surface area contributed by atoms with Crippen LogP contribution in [0.5, 0.6) is 0 Å². The van der Waals surface area contributed by atoms with Crippen LogP contribution in [0.15, 0.2) is 0 Å². The maximum Gasteiger partial charge on any atom is 0.409 e. The summed E-state index contributed by atoms with van der Waals surface area (Å²) in [7, 11) is 1.38. The van der Waals surface area contributed by atoms with Gasteiger partial charge in [-0.2, -0.15) is 0 Å². The lowest BCUT2D eigenvalue weighted by Gasteiger charge is -2.40. The monoisotopic (exact) mass is 344 g/mol. The SMILES string of the molecule is CC.CC.COC(=O)N1CCN(C(=O)C(C)(C)CC(C)(C)C)CC1. The first-order valence-corrected chi connectivity index (χ1v) is 9.19. The predicted octanol–water partition coefficient (Wildman–Crippen LogP) is 4.41. The highest BCUT2D eigenvalue weighted by atomic mass is 16.5. The molecule has 0 aromatic carbocycles. The fourth-order valence-corrected chi connectivity index (χ4v) is 3.05. The van der Waals surface area contributed by atoms with Crippen LogP contribution in [0.25, 0.3) is 0 Å². The Morgan fingerprint density at radius 1 is 0.833 bits per heavy atom. The van der Waals surface area contributed by atoms with Crippen molar-refractivity contribution in [2.24, 2.45) is 10.8 Å². The fourth-order valence-electron chi connectivity index (χ4n) is 3.05. The topological polar surface area (TPSA) is 49.9 Å². The van der Waals surface area contributed by atoms with Gasteiger partial charge in [0.1, 0.15) is 0 Å². The molecule has 2 amide bonds. The van der Waals surface area contributed by atoms with E-state index in [9.17, 15) is 9.59 Å². The van der Waals surface area contributed by atoms with E-state index in [1.807, 2.05) is 46.4 Å². The summed E-state index contributed by atoms with van der Waals surface area (Å²) in [6.07, 6.45) is 0.529. The first kappa shape index (κ1) is 25.0. The van der Waals surface area contributed by atoms with Gasteiger partial charge < -0.3 is 14.5 Å². The van der Waals surface area contributed by atoms with E-state index in [1.54, 1.807) is 4.90 Å². The minimum atomic E-state index is -0.369. The molecule has 1 saturated heterocycles. The van der Waals surface area contributed by atoms with Crippen LogP contribution in [0.3, 0.4) is 0 Å². The van der Waals surface area contributed by atoms with Crippen LogP contribution in [-0.4, -0.2) is 55.1 Å². The van der Waals surface area contributed by atoms with E-state index in [-0.39, 0.29) is 22.8 Å². The van der Waals surface area contributed by atoms with E-state index in [1.165, 1.54) is 7.11 Å². The summed E-state index contributed by atoms with van der Waals surface area (Å²) in [5, 5.41) is 0. The second-order valence-corrected chi connectivity index (χ2v) is 7.37. The number of hydrogen-bond donors (Lipinski definition) is 0. The molecule has 0 N–H and O–H groups in total. The highest BCUT2D eigenvalue weighted by Crippen LogP contribution is 2.34. The Morgan fingerprint density at radius 3 is 1.54 bits per heavy atom. The van der Waals surface area contributed by atoms with Crippen molar-refractivity contribution in [2.75, 3.05) is 33.3 Å². The number of hydrogen-bond acceptors (Lipinski definition) is 3. The molecule has 1 aliphatic heterocycles. The van der Waals surface area contributed by atoms with Gasteiger partial charge in [0.2, 0.25) is 5.91 Å². The summed E-state index contributed by atoms with van der Waals surface area (Å²) in [6, 6.07) is 0. The summed E-state index contributed by atoms with van der Waals surface area (Å²) in [5.41, 5.74) is -0.251. The van der Waals surface area contributed by atoms with Gasteiger partial charge in [0.05, 0.1) is 7.11 Å². The Kier molecular flexibility index (Phi) is 11.8. The van der Waals surface area contributed by atoms with Gasteiger partial charge in [-0.15, -0.1) is 0 Å². The normalized spacial score (nSPS) is 14.8. The molecule has 1 heterocycles. The molecule has 0 atom stereocenters. The fraction of sp³-hybridized carbons (Fsp3) is 0.895. The average molecular weight is 345 g/mol. The van der Waals surface area contributed by atoms with Crippen molar-refractivity contribution in [2.45, 2.75) is 68.7 Å². The molecule has 0 radical (unpaired) electrons. The standard InChI is InChI=1S/C15H28N2O3.2C2H6/c1-14(2,3)11-15(4,5)12(18)16-7-9-17(10-8-16)13(19)20-6;2*1-2/h7-11H2,1-6H3;2*1-2H3. The summed E-state index contributed by atoms with van der Waals surface area (Å²) >= 11 is 0. The Labute approximate surface area is 149 Å². The average Bonchev–Trinajstić information content (AvgIpc) is 2.55. The molecule has 0 saturated carbocycles. The van der Waals surface area contributed by atoms with Gasteiger partial charge in [-0.05, 0) is 11.8 Å². The highest BCUT2D eigenvalue weighted by Gasteiger charge is 2.37. The molecule has 0 aromatic rings. The number of carbonyl (C=O) groups is 2. The van der Waals surface area contributed by atoms with Crippen molar-refractivity contribution >= 4 is 12.0 Å². The molecule has 0 aliphatic carbocycles. The van der Waals surface area contributed by atoms with Crippen molar-refractivity contribution in [3.63, 3.8) is 0 Å². The van der Waals surface area contributed by atoms with E-state index in [0.29, 0.717) is 26.2 Å². The summed E-state index contributed by atoms with van der Waals surface area (Å²) in [6.45, 7) is 20.7. The lowest BCUT2D eigenvalue weighted by molar-refractivity contribution is -0.143. The van der Waals surface area contributed by atoms with Crippen LogP contribution in [0.1, 0.15) is 68.7 Å². The first-order chi connectivity index (χ1) is 11.1. The van der Waals surface area contributed by atoms with Crippen molar-refractivity contribution in [1.82, 2.24) is 9.80 Å². The van der Waals surface area contributed by atoms with E-state index in [2.05, 4.69) is 20.8 Å². The molecule has 1 aliphatic rings.